The molecule has 3 atom stereocenters. The van der Waals surface area contributed by atoms with E-state index in [4.69, 9.17) is 9.84 Å². The van der Waals surface area contributed by atoms with Gasteiger partial charge in [-0.2, -0.15) is 0 Å². The SMILES string of the molecule is O=C(O)OC1CC2CCCCC2N1. The van der Waals surface area contributed by atoms with Crippen molar-refractivity contribution in [2.24, 2.45) is 5.92 Å². The first-order valence-electron chi connectivity index (χ1n) is 4.91. The van der Waals surface area contributed by atoms with E-state index in [1.54, 1.807) is 0 Å². The highest BCUT2D eigenvalue weighted by Crippen LogP contribution is 2.33. The number of carbonyl (C=O) groups is 1. The second kappa shape index (κ2) is 3.54. The fraction of sp³-hybridized carbons (Fsp3) is 0.889. The summed E-state index contributed by atoms with van der Waals surface area (Å²) in [6.07, 6.45) is 4.36. The molecule has 1 aliphatic carbocycles. The predicted molar refractivity (Wildman–Crippen MR) is 46.4 cm³/mol. The van der Waals surface area contributed by atoms with Gasteiger partial charge < -0.3 is 9.84 Å². The summed E-state index contributed by atoms with van der Waals surface area (Å²) < 4.78 is 4.71. The van der Waals surface area contributed by atoms with Crippen LogP contribution in [0.1, 0.15) is 32.1 Å². The summed E-state index contributed by atoms with van der Waals surface area (Å²) in [4.78, 5) is 10.3. The molecule has 0 radical (unpaired) electrons. The van der Waals surface area contributed by atoms with E-state index in [9.17, 15) is 4.79 Å². The third-order valence-electron chi connectivity index (χ3n) is 3.07. The molecule has 2 rings (SSSR count). The summed E-state index contributed by atoms with van der Waals surface area (Å²) in [6, 6.07) is 0.498. The van der Waals surface area contributed by atoms with Crippen LogP contribution in [0.3, 0.4) is 0 Å². The molecular weight excluding hydrogens is 170 g/mol. The van der Waals surface area contributed by atoms with E-state index in [2.05, 4.69) is 5.32 Å². The van der Waals surface area contributed by atoms with Crippen molar-refractivity contribution >= 4 is 6.16 Å². The van der Waals surface area contributed by atoms with E-state index in [1.807, 2.05) is 0 Å². The van der Waals surface area contributed by atoms with Gasteiger partial charge in [-0.25, -0.2) is 4.79 Å². The molecule has 2 N–H and O–H groups in total. The van der Waals surface area contributed by atoms with Crippen LogP contribution in [0.4, 0.5) is 4.79 Å². The maximum absolute atomic E-state index is 10.3. The monoisotopic (exact) mass is 185 g/mol. The lowest BCUT2D eigenvalue weighted by molar-refractivity contribution is 0.0430. The van der Waals surface area contributed by atoms with Gasteiger partial charge in [-0.3, -0.25) is 5.32 Å². The Balaban J connectivity index is 1.87. The van der Waals surface area contributed by atoms with Crippen molar-refractivity contribution in [3.05, 3.63) is 0 Å². The lowest BCUT2D eigenvalue weighted by Gasteiger charge is -2.23. The van der Waals surface area contributed by atoms with E-state index in [0.29, 0.717) is 12.0 Å². The third kappa shape index (κ3) is 1.94. The van der Waals surface area contributed by atoms with E-state index < -0.39 is 6.16 Å². The Morgan fingerprint density at radius 2 is 2.15 bits per heavy atom. The molecule has 0 aromatic rings. The van der Waals surface area contributed by atoms with Gasteiger partial charge in [0.1, 0.15) is 0 Å². The van der Waals surface area contributed by atoms with Crippen molar-refractivity contribution in [2.45, 2.75) is 44.4 Å². The second-order valence-corrected chi connectivity index (χ2v) is 3.93. The van der Waals surface area contributed by atoms with Crippen LogP contribution in [-0.4, -0.2) is 23.5 Å². The molecule has 1 saturated carbocycles. The minimum Gasteiger partial charge on any atom is -0.450 e. The number of carboxylic acid groups (broad SMARTS) is 1. The fourth-order valence-corrected chi connectivity index (χ4v) is 2.49. The molecule has 0 aromatic heterocycles. The lowest BCUT2D eigenvalue weighted by atomic mass is 9.85. The maximum atomic E-state index is 10.3. The molecule has 4 heteroatoms. The van der Waals surface area contributed by atoms with Crippen LogP contribution in [0.2, 0.25) is 0 Å². The van der Waals surface area contributed by atoms with Crippen LogP contribution >= 0.6 is 0 Å². The third-order valence-corrected chi connectivity index (χ3v) is 3.07. The zero-order valence-corrected chi connectivity index (χ0v) is 7.53. The molecule has 74 valence electrons. The summed E-state index contributed by atoms with van der Waals surface area (Å²) in [6.45, 7) is 0. The molecule has 0 spiro atoms. The molecule has 0 bridgehead atoms. The van der Waals surface area contributed by atoms with Crippen LogP contribution in [0.15, 0.2) is 0 Å². The summed E-state index contributed by atoms with van der Waals surface area (Å²) in [7, 11) is 0. The van der Waals surface area contributed by atoms with Gasteiger partial charge in [-0.05, 0) is 18.8 Å². The minimum absolute atomic E-state index is 0.259. The van der Waals surface area contributed by atoms with E-state index in [-0.39, 0.29) is 6.23 Å². The first kappa shape index (κ1) is 8.81. The maximum Gasteiger partial charge on any atom is 0.507 e. The average molecular weight is 185 g/mol. The molecule has 13 heavy (non-hydrogen) atoms. The molecule has 2 fully saturated rings. The zero-order chi connectivity index (χ0) is 9.26. The van der Waals surface area contributed by atoms with Gasteiger partial charge >= 0.3 is 6.16 Å². The highest BCUT2D eigenvalue weighted by atomic mass is 16.7. The van der Waals surface area contributed by atoms with Crippen LogP contribution in [-0.2, 0) is 4.74 Å². The van der Waals surface area contributed by atoms with Gasteiger partial charge in [0.2, 0.25) is 0 Å². The topological polar surface area (TPSA) is 58.6 Å². The smallest absolute Gasteiger partial charge is 0.450 e. The molecule has 0 amide bonds. The molecule has 4 nitrogen and oxygen atoms in total. The standard InChI is InChI=1S/C9H15NO3/c11-9(12)13-8-5-6-3-1-2-4-7(6)10-8/h6-8,10H,1-5H2,(H,11,12). The van der Waals surface area contributed by atoms with Crippen LogP contribution in [0, 0.1) is 5.92 Å². The number of fused-ring (bicyclic) bond motifs is 1. The summed E-state index contributed by atoms with van der Waals surface area (Å²) in [5, 5.41) is 11.7. The van der Waals surface area contributed by atoms with Crippen molar-refractivity contribution in [3.8, 4) is 0 Å². The normalized spacial score (nSPS) is 38.3. The Hall–Kier alpha value is -0.770. The highest BCUT2D eigenvalue weighted by molar-refractivity contribution is 5.57. The Kier molecular flexibility index (Phi) is 2.40. The van der Waals surface area contributed by atoms with Gasteiger partial charge in [0.25, 0.3) is 0 Å². The Labute approximate surface area is 77.3 Å². The van der Waals surface area contributed by atoms with Crippen LogP contribution < -0.4 is 5.32 Å². The van der Waals surface area contributed by atoms with Crippen LogP contribution in [0.25, 0.3) is 0 Å². The molecule has 1 heterocycles. The number of hydrogen-bond donors (Lipinski definition) is 2. The van der Waals surface area contributed by atoms with Gasteiger partial charge in [-0.15, -0.1) is 0 Å². The number of ether oxygens (including phenoxy) is 1. The number of hydrogen-bond acceptors (Lipinski definition) is 3. The van der Waals surface area contributed by atoms with Crippen molar-refractivity contribution in [3.63, 3.8) is 0 Å². The van der Waals surface area contributed by atoms with E-state index in [1.165, 1.54) is 25.7 Å². The van der Waals surface area contributed by atoms with Crippen molar-refractivity contribution in [1.29, 1.82) is 0 Å². The Morgan fingerprint density at radius 1 is 1.38 bits per heavy atom. The van der Waals surface area contributed by atoms with Gasteiger partial charge in [0.15, 0.2) is 6.23 Å². The molecule has 0 aromatic carbocycles. The Morgan fingerprint density at radius 3 is 2.85 bits per heavy atom. The first-order valence-corrected chi connectivity index (χ1v) is 4.91. The molecular formula is C9H15NO3. The largest absolute Gasteiger partial charge is 0.507 e. The number of nitrogens with one attached hydrogen (secondary N) is 1. The zero-order valence-electron chi connectivity index (χ0n) is 7.53. The highest BCUT2D eigenvalue weighted by Gasteiger charge is 2.36. The summed E-state index contributed by atoms with van der Waals surface area (Å²) in [5.74, 6) is 0.637. The minimum atomic E-state index is -1.17. The molecule has 3 unspecified atom stereocenters. The van der Waals surface area contributed by atoms with E-state index in [0.717, 1.165) is 6.42 Å². The van der Waals surface area contributed by atoms with Crippen molar-refractivity contribution < 1.29 is 14.6 Å². The predicted octanol–water partition coefficient (Wildman–Crippen LogP) is 1.56. The second-order valence-electron chi connectivity index (χ2n) is 3.93. The van der Waals surface area contributed by atoms with E-state index >= 15 is 0 Å². The first-order chi connectivity index (χ1) is 6.25. The fourth-order valence-electron chi connectivity index (χ4n) is 2.49. The van der Waals surface area contributed by atoms with Crippen molar-refractivity contribution in [2.75, 3.05) is 0 Å². The number of rotatable bonds is 1. The van der Waals surface area contributed by atoms with Gasteiger partial charge in [0, 0.05) is 12.5 Å². The summed E-state index contributed by atoms with van der Waals surface area (Å²) in [5.41, 5.74) is 0. The Bertz CT molecular complexity index is 193. The summed E-state index contributed by atoms with van der Waals surface area (Å²) >= 11 is 0. The quantitative estimate of drug-likeness (QED) is 0.609. The van der Waals surface area contributed by atoms with Gasteiger partial charge in [-0.1, -0.05) is 12.8 Å². The molecule has 2 aliphatic rings. The average Bonchev–Trinajstić information content (AvgIpc) is 2.44. The molecule has 1 aliphatic heterocycles. The lowest BCUT2D eigenvalue weighted by Crippen LogP contribution is -2.35. The van der Waals surface area contributed by atoms with Gasteiger partial charge in [0.05, 0.1) is 0 Å². The van der Waals surface area contributed by atoms with Crippen molar-refractivity contribution in [1.82, 2.24) is 5.32 Å². The van der Waals surface area contributed by atoms with Crippen LogP contribution in [0.5, 0.6) is 0 Å². The molecule has 1 saturated heterocycles.